The van der Waals surface area contributed by atoms with Crippen LogP contribution in [0.2, 0.25) is 5.02 Å². The van der Waals surface area contributed by atoms with Crippen LogP contribution >= 0.6 is 22.9 Å². The average molecular weight is 404 g/mol. The van der Waals surface area contributed by atoms with E-state index in [0.29, 0.717) is 21.2 Å². The molecule has 0 saturated carbocycles. The summed E-state index contributed by atoms with van der Waals surface area (Å²) in [4.78, 5) is 23.4. The molecule has 2 aromatic carbocycles. The standard InChI is InChI=1S/C18H14ClN3O4S/c1-10(11-7-8-14(26-2)13(9-11)22(24)25)20-21-18(23)17-16(19)12-5-3-4-6-15(12)27-17/h3-9H,1-2H3,(H,21,23). The van der Waals surface area contributed by atoms with Crippen LogP contribution in [0.5, 0.6) is 5.75 Å². The summed E-state index contributed by atoms with van der Waals surface area (Å²) in [7, 11) is 1.36. The molecule has 1 N–H and O–H groups in total. The van der Waals surface area contributed by atoms with Gasteiger partial charge in [0.2, 0.25) is 0 Å². The molecule has 9 heteroatoms. The highest BCUT2D eigenvalue weighted by Gasteiger charge is 2.18. The maximum Gasteiger partial charge on any atom is 0.311 e. The van der Waals surface area contributed by atoms with Crippen molar-refractivity contribution in [1.82, 2.24) is 5.43 Å². The number of hydrazone groups is 1. The van der Waals surface area contributed by atoms with Crippen molar-refractivity contribution in [3.63, 3.8) is 0 Å². The number of amides is 1. The summed E-state index contributed by atoms with van der Waals surface area (Å²) in [5, 5.41) is 16.4. The molecule has 27 heavy (non-hydrogen) atoms. The van der Waals surface area contributed by atoms with Crippen LogP contribution in [0.1, 0.15) is 22.2 Å². The third-order valence-electron chi connectivity index (χ3n) is 3.86. The Morgan fingerprint density at radius 1 is 1.30 bits per heavy atom. The monoisotopic (exact) mass is 403 g/mol. The molecule has 138 valence electrons. The summed E-state index contributed by atoms with van der Waals surface area (Å²) in [6, 6.07) is 11.9. The number of carbonyl (C=O) groups excluding carboxylic acids is 1. The molecule has 0 bridgehead atoms. The number of nitro groups is 1. The maximum absolute atomic E-state index is 12.4. The lowest BCUT2D eigenvalue weighted by atomic mass is 10.1. The third kappa shape index (κ3) is 3.76. The minimum Gasteiger partial charge on any atom is -0.490 e. The second kappa shape index (κ2) is 7.73. The third-order valence-corrected chi connectivity index (χ3v) is 5.53. The van der Waals surface area contributed by atoms with Crippen molar-refractivity contribution in [2.24, 2.45) is 5.10 Å². The molecule has 0 atom stereocenters. The summed E-state index contributed by atoms with van der Waals surface area (Å²) in [6.07, 6.45) is 0. The van der Waals surface area contributed by atoms with Gasteiger partial charge >= 0.3 is 5.69 Å². The van der Waals surface area contributed by atoms with Gasteiger partial charge in [0.1, 0.15) is 4.88 Å². The van der Waals surface area contributed by atoms with Crippen LogP contribution in [0.3, 0.4) is 0 Å². The zero-order valence-corrected chi connectivity index (χ0v) is 15.9. The first-order chi connectivity index (χ1) is 12.9. The molecular weight excluding hydrogens is 390 g/mol. The van der Waals surface area contributed by atoms with Crippen molar-refractivity contribution >= 4 is 50.3 Å². The number of methoxy groups -OCH3 is 1. The summed E-state index contributed by atoms with van der Waals surface area (Å²) >= 11 is 7.56. The number of rotatable bonds is 5. The van der Waals surface area contributed by atoms with E-state index >= 15 is 0 Å². The first kappa shape index (κ1) is 18.8. The molecule has 0 saturated heterocycles. The lowest BCUT2D eigenvalue weighted by molar-refractivity contribution is -0.385. The predicted octanol–water partition coefficient (Wildman–Crippen LogP) is 4.63. The highest BCUT2D eigenvalue weighted by Crippen LogP contribution is 2.35. The van der Waals surface area contributed by atoms with Gasteiger partial charge in [-0.1, -0.05) is 29.8 Å². The second-order valence-electron chi connectivity index (χ2n) is 5.52. The molecule has 0 spiro atoms. The van der Waals surface area contributed by atoms with Gasteiger partial charge in [-0.05, 0) is 25.1 Å². The average Bonchev–Trinajstić information content (AvgIpc) is 3.02. The topological polar surface area (TPSA) is 93.8 Å². The van der Waals surface area contributed by atoms with E-state index < -0.39 is 10.8 Å². The fraction of sp³-hybridized carbons (Fsp3) is 0.111. The highest BCUT2D eigenvalue weighted by atomic mass is 35.5. The molecule has 3 aromatic rings. The van der Waals surface area contributed by atoms with Gasteiger partial charge in [0.25, 0.3) is 5.91 Å². The number of ether oxygens (including phenoxy) is 1. The number of nitrogens with zero attached hydrogens (tertiary/aromatic N) is 2. The van der Waals surface area contributed by atoms with Gasteiger partial charge in [-0.25, -0.2) is 5.43 Å². The van der Waals surface area contributed by atoms with Crippen molar-refractivity contribution in [3.05, 3.63) is 68.0 Å². The number of hydrogen-bond donors (Lipinski definition) is 1. The van der Waals surface area contributed by atoms with Crippen LogP contribution in [0, 0.1) is 10.1 Å². The molecular formula is C18H14ClN3O4S. The van der Waals surface area contributed by atoms with Gasteiger partial charge in [0.05, 0.1) is 22.8 Å². The van der Waals surface area contributed by atoms with E-state index in [9.17, 15) is 14.9 Å². The number of nitro benzene ring substituents is 1. The predicted molar refractivity (Wildman–Crippen MR) is 106 cm³/mol. The first-order valence-corrected chi connectivity index (χ1v) is 8.96. The fourth-order valence-corrected chi connectivity index (χ4v) is 3.87. The Labute approximate surface area is 163 Å². The number of fused-ring (bicyclic) bond motifs is 1. The van der Waals surface area contributed by atoms with E-state index in [1.807, 2.05) is 24.3 Å². The van der Waals surface area contributed by atoms with Crippen molar-refractivity contribution in [2.75, 3.05) is 7.11 Å². The van der Waals surface area contributed by atoms with E-state index in [1.165, 1.54) is 30.6 Å². The Kier molecular flexibility index (Phi) is 5.38. The van der Waals surface area contributed by atoms with Gasteiger partial charge in [-0.3, -0.25) is 14.9 Å². The van der Waals surface area contributed by atoms with E-state index in [-0.39, 0.29) is 11.4 Å². The Morgan fingerprint density at radius 2 is 2.04 bits per heavy atom. The maximum atomic E-state index is 12.4. The first-order valence-electron chi connectivity index (χ1n) is 7.77. The summed E-state index contributed by atoms with van der Waals surface area (Å²) in [5.74, 6) is -0.291. The Bertz CT molecular complexity index is 1080. The van der Waals surface area contributed by atoms with Crippen LogP contribution in [-0.4, -0.2) is 23.7 Å². The Morgan fingerprint density at radius 3 is 2.70 bits per heavy atom. The van der Waals surface area contributed by atoms with E-state index in [1.54, 1.807) is 13.0 Å². The largest absolute Gasteiger partial charge is 0.490 e. The van der Waals surface area contributed by atoms with E-state index in [2.05, 4.69) is 10.5 Å². The van der Waals surface area contributed by atoms with E-state index in [0.717, 1.165) is 10.1 Å². The van der Waals surface area contributed by atoms with Gasteiger partial charge in [-0.15, -0.1) is 11.3 Å². The lowest BCUT2D eigenvalue weighted by Crippen LogP contribution is -2.18. The molecule has 0 radical (unpaired) electrons. The zero-order valence-electron chi connectivity index (χ0n) is 14.4. The molecule has 0 fully saturated rings. The van der Waals surface area contributed by atoms with Gasteiger partial charge in [0, 0.05) is 21.7 Å². The number of nitrogens with one attached hydrogen (secondary N) is 1. The normalized spacial score (nSPS) is 11.4. The smallest absolute Gasteiger partial charge is 0.311 e. The molecule has 7 nitrogen and oxygen atoms in total. The van der Waals surface area contributed by atoms with Gasteiger partial charge in [-0.2, -0.15) is 5.10 Å². The molecule has 0 unspecified atom stereocenters. The molecule has 0 aliphatic heterocycles. The molecule has 1 heterocycles. The van der Waals surface area contributed by atoms with Crippen molar-refractivity contribution in [3.8, 4) is 5.75 Å². The van der Waals surface area contributed by atoms with Gasteiger partial charge in [0.15, 0.2) is 5.75 Å². The van der Waals surface area contributed by atoms with Crippen LogP contribution in [-0.2, 0) is 0 Å². The minimum atomic E-state index is -0.537. The molecule has 1 amide bonds. The zero-order chi connectivity index (χ0) is 19.6. The van der Waals surface area contributed by atoms with Crippen molar-refractivity contribution in [1.29, 1.82) is 0 Å². The van der Waals surface area contributed by atoms with E-state index in [4.69, 9.17) is 16.3 Å². The number of benzene rings is 2. The number of thiophene rings is 1. The lowest BCUT2D eigenvalue weighted by Gasteiger charge is -2.05. The Hall–Kier alpha value is -2.97. The van der Waals surface area contributed by atoms with Crippen LogP contribution < -0.4 is 10.2 Å². The Balaban J connectivity index is 1.84. The van der Waals surface area contributed by atoms with Crippen LogP contribution in [0.25, 0.3) is 10.1 Å². The fourth-order valence-electron chi connectivity index (χ4n) is 2.47. The number of halogens is 1. The molecule has 3 rings (SSSR count). The minimum absolute atomic E-state index is 0.151. The summed E-state index contributed by atoms with van der Waals surface area (Å²) in [6.45, 7) is 1.64. The SMILES string of the molecule is COc1ccc(C(C)=NNC(=O)c2sc3ccccc3c2Cl)cc1[N+](=O)[O-]. The summed E-state index contributed by atoms with van der Waals surface area (Å²) < 4.78 is 5.88. The van der Waals surface area contributed by atoms with Gasteiger partial charge < -0.3 is 4.74 Å². The molecule has 1 aromatic heterocycles. The molecule has 0 aliphatic carbocycles. The highest BCUT2D eigenvalue weighted by molar-refractivity contribution is 7.21. The van der Waals surface area contributed by atoms with Crippen LogP contribution in [0.15, 0.2) is 47.6 Å². The number of carbonyl (C=O) groups is 1. The second-order valence-corrected chi connectivity index (χ2v) is 6.95. The number of hydrogen-bond acceptors (Lipinski definition) is 6. The van der Waals surface area contributed by atoms with Crippen LogP contribution in [0.4, 0.5) is 5.69 Å². The summed E-state index contributed by atoms with van der Waals surface area (Å²) in [5.41, 5.74) is 3.17. The van der Waals surface area contributed by atoms with Crippen molar-refractivity contribution in [2.45, 2.75) is 6.92 Å². The molecule has 0 aliphatic rings. The van der Waals surface area contributed by atoms with Crippen molar-refractivity contribution < 1.29 is 14.5 Å². The quantitative estimate of drug-likeness (QED) is 0.382.